The van der Waals surface area contributed by atoms with Crippen LogP contribution in [0.25, 0.3) is 0 Å². The summed E-state index contributed by atoms with van der Waals surface area (Å²) in [7, 11) is -3.21. The molecule has 1 atom stereocenters. The zero-order valence-electron chi connectivity index (χ0n) is 17.9. The molecule has 176 valence electrons. The molecule has 0 aliphatic rings. The van der Waals surface area contributed by atoms with Crippen LogP contribution >= 0.6 is 7.82 Å². The van der Waals surface area contributed by atoms with Crippen LogP contribution in [-0.2, 0) is 25.1 Å². The maximum Gasteiger partial charge on any atom is 0.412 e. The first kappa shape index (κ1) is 26.9. The molecule has 2 amide bonds. The fourth-order valence-corrected chi connectivity index (χ4v) is 2.58. The smallest absolute Gasteiger partial charge is 0.412 e. The zero-order valence-corrected chi connectivity index (χ0v) is 18.8. The minimum absolute atomic E-state index is 0.102. The summed E-state index contributed by atoms with van der Waals surface area (Å²) in [5, 5.41) is 5.28. The van der Waals surface area contributed by atoms with Crippen molar-refractivity contribution in [2.24, 2.45) is 0 Å². The van der Waals surface area contributed by atoms with Gasteiger partial charge in [0.05, 0.1) is 0 Å². The molecule has 0 aromatic heterocycles. The molecule has 0 heterocycles. The molecule has 0 fully saturated rings. The molecule has 0 saturated carbocycles. The lowest BCUT2D eigenvalue weighted by atomic mass is 10.2. The van der Waals surface area contributed by atoms with Gasteiger partial charge in [-0.05, 0) is 37.0 Å². The summed E-state index contributed by atoms with van der Waals surface area (Å²) in [4.78, 5) is 34.1. The fourth-order valence-electron chi connectivity index (χ4n) is 2.25. The highest BCUT2D eigenvalue weighted by Crippen LogP contribution is 2.34. The van der Waals surface area contributed by atoms with Gasteiger partial charge in [0.15, 0.2) is 0 Å². The van der Waals surface area contributed by atoms with Crippen molar-refractivity contribution in [3.8, 4) is 5.75 Å². The highest BCUT2D eigenvalue weighted by Gasteiger charge is 2.06. The van der Waals surface area contributed by atoms with Crippen molar-refractivity contribution in [3.63, 3.8) is 0 Å². The summed E-state index contributed by atoms with van der Waals surface area (Å²) in [5.74, 6) is 0.407. The number of benzene rings is 1. The van der Waals surface area contributed by atoms with Gasteiger partial charge in [-0.1, -0.05) is 31.9 Å². The average Bonchev–Trinajstić information content (AvgIpc) is 2.76. The van der Waals surface area contributed by atoms with Gasteiger partial charge in [0.2, 0.25) is 0 Å². The number of hydroxylamine groups is 1. The van der Waals surface area contributed by atoms with Crippen LogP contribution in [0, 0.1) is 0 Å². The van der Waals surface area contributed by atoms with Crippen molar-refractivity contribution in [1.82, 2.24) is 16.1 Å². The van der Waals surface area contributed by atoms with E-state index in [1.807, 2.05) is 6.92 Å². The molecular weight excluding hydrogens is 429 g/mol. The van der Waals surface area contributed by atoms with E-state index in [4.69, 9.17) is 9.47 Å². The molecule has 0 aliphatic heterocycles. The van der Waals surface area contributed by atoms with Gasteiger partial charge in [0.1, 0.15) is 12.4 Å². The monoisotopic (exact) mass is 460 g/mol. The lowest BCUT2D eigenvalue weighted by Crippen LogP contribution is -2.27. The van der Waals surface area contributed by atoms with Gasteiger partial charge in [0, 0.05) is 26.7 Å². The fraction of sp³-hybridized carbons (Fsp3) is 0.579. The standard InChI is InChI=1S/C19H32N3O8P/c1-3-12-20-19(24)29-17-10-8-16(9-11-17)15-28-18(23)21-13-6-4-5-7-14-22-30-31(25,26)27-2/h8-11,22H,3-7,12-15H2,1-2H3,(H,20,24)(H,21,23)(H,25,26)/p-1. The molecule has 0 spiro atoms. The van der Waals surface area contributed by atoms with Crippen LogP contribution in [0.3, 0.4) is 0 Å². The van der Waals surface area contributed by atoms with E-state index >= 15 is 0 Å². The number of rotatable bonds is 15. The zero-order chi connectivity index (χ0) is 23.0. The van der Waals surface area contributed by atoms with E-state index in [1.54, 1.807) is 24.3 Å². The Labute approximate surface area is 182 Å². The topological polar surface area (TPSA) is 147 Å². The Balaban J connectivity index is 2.06. The number of carbonyl (C=O) groups is 2. The quantitative estimate of drug-likeness (QED) is 0.204. The molecule has 3 N–H and O–H groups in total. The van der Waals surface area contributed by atoms with Crippen molar-refractivity contribution in [3.05, 3.63) is 29.8 Å². The highest BCUT2D eigenvalue weighted by molar-refractivity contribution is 7.45. The van der Waals surface area contributed by atoms with E-state index in [0.717, 1.165) is 38.4 Å². The normalized spacial score (nSPS) is 12.6. The molecule has 1 rings (SSSR count). The first-order valence-corrected chi connectivity index (χ1v) is 11.6. The summed E-state index contributed by atoms with van der Waals surface area (Å²) in [5.41, 5.74) is 3.09. The number of phosphoric ester groups is 1. The molecule has 31 heavy (non-hydrogen) atoms. The van der Waals surface area contributed by atoms with Crippen LogP contribution in [0.1, 0.15) is 44.6 Å². The highest BCUT2D eigenvalue weighted by atomic mass is 31.2. The van der Waals surface area contributed by atoms with Crippen molar-refractivity contribution in [2.45, 2.75) is 45.6 Å². The number of nitrogens with one attached hydrogen (secondary N) is 3. The van der Waals surface area contributed by atoms with E-state index < -0.39 is 20.0 Å². The van der Waals surface area contributed by atoms with Gasteiger partial charge in [0.25, 0.3) is 7.82 Å². The molecule has 12 heteroatoms. The van der Waals surface area contributed by atoms with Gasteiger partial charge in [-0.3, -0.25) is 4.57 Å². The second kappa shape index (κ2) is 15.6. The van der Waals surface area contributed by atoms with E-state index in [0.29, 0.717) is 31.8 Å². The average molecular weight is 460 g/mol. The summed E-state index contributed by atoms with van der Waals surface area (Å²) >= 11 is 0. The minimum Gasteiger partial charge on any atom is -0.755 e. The van der Waals surface area contributed by atoms with Gasteiger partial charge < -0.3 is 29.5 Å². The number of hydrogen-bond acceptors (Lipinski definition) is 9. The molecular formula is C19H31N3O8P-. The predicted octanol–water partition coefficient (Wildman–Crippen LogP) is 2.61. The number of unbranched alkanes of at least 4 members (excludes halogenated alkanes) is 3. The summed E-state index contributed by atoms with van der Waals surface area (Å²) in [6.07, 6.45) is 2.98. The number of alkyl carbamates (subject to hydrolysis) is 1. The van der Waals surface area contributed by atoms with Gasteiger partial charge >= 0.3 is 12.2 Å². The number of amides is 2. The van der Waals surface area contributed by atoms with E-state index in [9.17, 15) is 19.0 Å². The Morgan fingerprint density at radius 1 is 0.968 bits per heavy atom. The third-order valence-electron chi connectivity index (χ3n) is 3.90. The van der Waals surface area contributed by atoms with E-state index in [1.165, 1.54) is 0 Å². The number of carbonyl (C=O) groups excluding carboxylic acids is 2. The third kappa shape index (κ3) is 13.7. The van der Waals surface area contributed by atoms with Crippen molar-refractivity contribution in [2.75, 3.05) is 26.7 Å². The summed E-state index contributed by atoms with van der Waals surface area (Å²) in [6, 6.07) is 6.69. The maximum absolute atomic E-state index is 11.7. The Hall–Kier alpha value is -2.17. The molecule has 0 bridgehead atoms. The van der Waals surface area contributed by atoms with E-state index in [-0.39, 0.29) is 6.61 Å². The van der Waals surface area contributed by atoms with Gasteiger partial charge in [-0.15, -0.1) is 0 Å². The predicted molar refractivity (Wildman–Crippen MR) is 111 cm³/mol. The summed E-state index contributed by atoms with van der Waals surface area (Å²) in [6.45, 7) is 3.45. The van der Waals surface area contributed by atoms with Crippen LogP contribution in [0.15, 0.2) is 24.3 Å². The number of ether oxygens (including phenoxy) is 2. The van der Waals surface area contributed by atoms with Crippen molar-refractivity contribution in [1.29, 1.82) is 0 Å². The number of hydrogen-bond donors (Lipinski definition) is 3. The minimum atomic E-state index is -4.24. The first-order chi connectivity index (χ1) is 14.9. The molecule has 1 unspecified atom stereocenters. The molecule has 11 nitrogen and oxygen atoms in total. The van der Waals surface area contributed by atoms with Gasteiger partial charge in [-0.2, -0.15) is 5.48 Å². The maximum atomic E-state index is 11.7. The van der Waals surface area contributed by atoms with Crippen LogP contribution in [0.4, 0.5) is 9.59 Å². The second-order valence-electron chi connectivity index (χ2n) is 6.49. The third-order valence-corrected chi connectivity index (χ3v) is 4.70. The van der Waals surface area contributed by atoms with Crippen LogP contribution < -0.4 is 25.7 Å². The molecule has 0 saturated heterocycles. The summed E-state index contributed by atoms with van der Waals surface area (Å²) < 4.78 is 29.7. The Kier molecular flexibility index (Phi) is 13.5. The van der Waals surface area contributed by atoms with E-state index in [2.05, 4.69) is 25.3 Å². The number of phosphoric acid groups is 1. The first-order valence-electron chi connectivity index (χ1n) is 10.1. The van der Waals surface area contributed by atoms with Crippen molar-refractivity contribution >= 4 is 20.0 Å². The van der Waals surface area contributed by atoms with Crippen LogP contribution in [0.2, 0.25) is 0 Å². The largest absolute Gasteiger partial charge is 0.755 e. The Morgan fingerprint density at radius 2 is 1.61 bits per heavy atom. The lowest BCUT2D eigenvalue weighted by molar-refractivity contribution is -0.228. The molecule has 1 aromatic carbocycles. The SMILES string of the molecule is CCCNC(=O)Oc1ccc(COC(=O)NCCCCCCNOP(=O)([O-])OC)cc1. The molecule has 0 radical (unpaired) electrons. The molecule has 1 aromatic rings. The van der Waals surface area contributed by atoms with Crippen LogP contribution in [-0.4, -0.2) is 38.9 Å². The second-order valence-corrected chi connectivity index (χ2v) is 7.93. The lowest BCUT2D eigenvalue weighted by Gasteiger charge is -2.19. The Morgan fingerprint density at radius 3 is 2.26 bits per heavy atom. The van der Waals surface area contributed by atoms with Gasteiger partial charge in [-0.25, -0.2) is 14.2 Å². The van der Waals surface area contributed by atoms with Crippen LogP contribution in [0.5, 0.6) is 5.75 Å². The molecule has 0 aliphatic carbocycles. The van der Waals surface area contributed by atoms with Crippen molar-refractivity contribution < 1.29 is 37.7 Å². The Bertz CT molecular complexity index is 702.